The Morgan fingerprint density at radius 1 is 1.53 bits per heavy atom. The van der Waals surface area contributed by atoms with E-state index < -0.39 is 11.5 Å². The minimum Gasteiger partial charge on any atom is -0.480 e. The van der Waals surface area contributed by atoms with Gasteiger partial charge in [-0.25, -0.2) is 0 Å². The molecule has 0 spiro atoms. The molecule has 0 radical (unpaired) electrons. The summed E-state index contributed by atoms with van der Waals surface area (Å²) in [5.41, 5.74) is -0.787. The van der Waals surface area contributed by atoms with E-state index in [1.807, 2.05) is 0 Å². The quantitative estimate of drug-likeness (QED) is 0.752. The molecule has 1 saturated carbocycles. The van der Waals surface area contributed by atoms with Gasteiger partial charge in [0.25, 0.3) is 0 Å². The highest BCUT2D eigenvalue weighted by atomic mass is 16.5. The van der Waals surface area contributed by atoms with Gasteiger partial charge in [-0.3, -0.25) is 9.69 Å². The van der Waals surface area contributed by atoms with Gasteiger partial charge < -0.3 is 15.2 Å². The Labute approximate surface area is 115 Å². The molecule has 0 aromatic heterocycles. The number of rotatable bonds is 6. The van der Waals surface area contributed by atoms with Crippen LogP contribution < -0.4 is 5.32 Å². The molecule has 0 amide bonds. The summed E-state index contributed by atoms with van der Waals surface area (Å²) in [6.45, 7) is 6.30. The Hall–Kier alpha value is -0.650. The molecular formula is C14H26N2O3. The van der Waals surface area contributed by atoms with Crippen molar-refractivity contribution in [3.8, 4) is 0 Å². The molecule has 0 aromatic rings. The number of nitrogens with zero attached hydrogens (tertiary/aromatic N) is 1. The molecule has 1 heterocycles. The van der Waals surface area contributed by atoms with Crippen LogP contribution in [0.1, 0.15) is 33.1 Å². The fourth-order valence-corrected chi connectivity index (χ4v) is 3.14. The summed E-state index contributed by atoms with van der Waals surface area (Å²) in [7, 11) is 1.78. The van der Waals surface area contributed by atoms with Crippen molar-refractivity contribution in [3.63, 3.8) is 0 Å². The van der Waals surface area contributed by atoms with Gasteiger partial charge in [0, 0.05) is 19.1 Å². The molecule has 110 valence electrons. The normalized spacial score (nSPS) is 31.9. The number of aliphatic carboxylic acids is 1. The zero-order chi connectivity index (χ0) is 14.0. The molecule has 2 N–H and O–H groups in total. The van der Waals surface area contributed by atoms with Crippen LogP contribution in [0.2, 0.25) is 0 Å². The molecule has 1 saturated heterocycles. The molecule has 3 unspecified atom stereocenters. The number of hydrogen-bond acceptors (Lipinski definition) is 4. The van der Waals surface area contributed by atoms with Crippen molar-refractivity contribution in [2.45, 2.75) is 50.8 Å². The number of carbonyl (C=O) groups is 1. The van der Waals surface area contributed by atoms with Crippen LogP contribution in [0.25, 0.3) is 0 Å². The number of ether oxygens (including phenoxy) is 1. The van der Waals surface area contributed by atoms with E-state index in [1.165, 1.54) is 0 Å². The first-order valence-corrected chi connectivity index (χ1v) is 7.31. The third-order valence-electron chi connectivity index (χ3n) is 4.61. The maximum atomic E-state index is 11.8. The summed E-state index contributed by atoms with van der Waals surface area (Å²) >= 11 is 0. The van der Waals surface area contributed by atoms with Gasteiger partial charge in [0.15, 0.2) is 0 Å². The molecule has 1 aliphatic heterocycles. The van der Waals surface area contributed by atoms with E-state index in [0.29, 0.717) is 19.2 Å². The minimum atomic E-state index is -0.787. The first-order valence-electron chi connectivity index (χ1n) is 7.31. The zero-order valence-electron chi connectivity index (χ0n) is 12.2. The maximum absolute atomic E-state index is 11.8. The zero-order valence-corrected chi connectivity index (χ0v) is 12.2. The Bertz CT molecular complexity index is 333. The Morgan fingerprint density at radius 2 is 2.21 bits per heavy atom. The largest absolute Gasteiger partial charge is 0.480 e. The molecule has 5 nitrogen and oxygen atoms in total. The van der Waals surface area contributed by atoms with Crippen molar-refractivity contribution in [1.82, 2.24) is 10.2 Å². The molecule has 2 aliphatic rings. The molecular weight excluding hydrogens is 244 g/mol. The molecule has 3 atom stereocenters. The van der Waals surface area contributed by atoms with Crippen LogP contribution in [-0.2, 0) is 9.53 Å². The third-order valence-corrected chi connectivity index (χ3v) is 4.61. The SMILES string of the molecule is CCC1COC(C)CN1CC(NC)(C(=O)O)C1CC1. The summed E-state index contributed by atoms with van der Waals surface area (Å²) in [6.07, 6.45) is 3.22. The van der Waals surface area contributed by atoms with E-state index >= 15 is 0 Å². The fraction of sp³-hybridized carbons (Fsp3) is 0.929. The number of hydrogen-bond donors (Lipinski definition) is 2. The fourth-order valence-electron chi connectivity index (χ4n) is 3.14. The van der Waals surface area contributed by atoms with Crippen molar-refractivity contribution in [2.75, 3.05) is 26.7 Å². The highest BCUT2D eigenvalue weighted by molar-refractivity contribution is 5.80. The molecule has 1 aliphatic carbocycles. The van der Waals surface area contributed by atoms with Crippen molar-refractivity contribution in [1.29, 1.82) is 0 Å². The van der Waals surface area contributed by atoms with Gasteiger partial charge in [-0.05, 0) is 39.2 Å². The van der Waals surface area contributed by atoms with Gasteiger partial charge >= 0.3 is 5.97 Å². The van der Waals surface area contributed by atoms with Gasteiger partial charge in [0.05, 0.1) is 12.7 Å². The van der Waals surface area contributed by atoms with E-state index in [1.54, 1.807) is 7.05 Å². The number of likely N-dealkylation sites (N-methyl/N-ethyl adjacent to an activating group) is 1. The van der Waals surface area contributed by atoms with E-state index in [0.717, 1.165) is 25.8 Å². The van der Waals surface area contributed by atoms with Crippen molar-refractivity contribution >= 4 is 5.97 Å². The summed E-state index contributed by atoms with van der Waals surface area (Å²) < 4.78 is 5.69. The number of carboxylic acid groups (broad SMARTS) is 1. The van der Waals surface area contributed by atoms with Crippen LogP contribution in [0.5, 0.6) is 0 Å². The van der Waals surface area contributed by atoms with Gasteiger partial charge in [-0.1, -0.05) is 6.92 Å². The average Bonchev–Trinajstić information content (AvgIpc) is 3.20. The first kappa shape index (κ1) is 14.8. The van der Waals surface area contributed by atoms with Crippen LogP contribution in [0.3, 0.4) is 0 Å². The standard InChI is InChI=1S/C14H26N2O3/c1-4-12-8-19-10(2)7-16(12)9-14(15-3,13(17)18)11-5-6-11/h10-12,15H,4-9H2,1-3H3,(H,17,18). The summed E-state index contributed by atoms with van der Waals surface area (Å²) in [6, 6.07) is 0.335. The van der Waals surface area contributed by atoms with Crippen LogP contribution >= 0.6 is 0 Å². The number of carboxylic acids is 1. The Kier molecular flexibility index (Phi) is 4.48. The van der Waals surface area contributed by atoms with Gasteiger partial charge in [0.1, 0.15) is 5.54 Å². The molecule has 2 fully saturated rings. The smallest absolute Gasteiger partial charge is 0.325 e. The molecule has 19 heavy (non-hydrogen) atoms. The monoisotopic (exact) mass is 270 g/mol. The van der Waals surface area contributed by atoms with Crippen molar-refractivity contribution in [2.24, 2.45) is 5.92 Å². The van der Waals surface area contributed by atoms with Crippen LogP contribution in [0.15, 0.2) is 0 Å². The van der Waals surface area contributed by atoms with E-state index in [-0.39, 0.29) is 12.0 Å². The first-order chi connectivity index (χ1) is 9.03. The molecule has 5 heteroatoms. The van der Waals surface area contributed by atoms with Gasteiger partial charge in [-0.15, -0.1) is 0 Å². The lowest BCUT2D eigenvalue weighted by molar-refractivity contribution is -0.149. The van der Waals surface area contributed by atoms with Crippen LogP contribution in [0.4, 0.5) is 0 Å². The van der Waals surface area contributed by atoms with Crippen LogP contribution in [0, 0.1) is 5.92 Å². The second kappa shape index (κ2) is 5.77. The number of morpholine rings is 1. The second-order valence-electron chi connectivity index (χ2n) is 5.94. The Balaban J connectivity index is 2.12. The van der Waals surface area contributed by atoms with Gasteiger partial charge in [0.2, 0.25) is 0 Å². The second-order valence-corrected chi connectivity index (χ2v) is 5.94. The summed E-state index contributed by atoms with van der Waals surface area (Å²) in [4.78, 5) is 14.1. The van der Waals surface area contributed by atoms with Crippen molar-refractivity contribution in [3.05, 3.63) is 0 Å². The lowest BCUT2D eigenvalue weighted by Crippen LogP contribution is -2.63. The Morgan fingerprint density at radius 3 is 2.68 bits per heavy atom. The lowest BCUT2D eigenvalue weighted by atomic mass is 9.91. The third kappa shape index (κ3) is 2.93. The molecule has 2 rings (SSSR count). The van der Waals surface area contributed by atoms with Gasteiger partial charge in [-0.2, -0.15) is 0 Å². The molecule has 0 aromatic carbocycles. The maximum Gasteiger partial charge on any atom is 0.325 e. The lowest BCUT2D eigenvalue weighted by Gasteiger charge is -2.43. The average molecular weight is 270 g/mol. The minimum absolute atomic E-state index is 0.186. The van der Waals surface area contributed by atoms with Crippen LogP contribution in [-0.4, -0.2) is 60.4 Å². The number of nitrogens with one attached hydrogen (secondary N) is 1. The molecule has 0 bridgehead atoms. The van der Waals surface area contributed by atoms with Crippen molar-refractivity contribution < 1.29 is 14.6 Å². The van der Waals surface area contributed by atoms with E-state index in [9.17, 15) is 9.90 Å². The topological polar surface area (TPSA) is 61.8 Å². The highest BCUT2D eigenvalue weighted by Gasteiger charge is 2.52. The highest BCUT2D eigenvalue weighted by Crippen LogP contribution is 2.40. The summed E-state index contributed by atoms with van der Waals surface area (Å²) in [5.74, 6) is -0.447. The van der Waals surface area contributed by atoms with E-state index in [4.69, 9.17) is 4.74 Å². The summed E-state index contributed by atoms with van der Waals surface area (Å²) in [5, 5.41) is 12.8. The van der Waals surface area contributed by atoms with E-state index in [2.05, 4.69) is 24.1 Å². The predicted molar refractivity (Wildman–Crippen MR) is 73.2 cm³/mol. The predicted octanol–water partition coefficient (Wildman–Crippen LogP) is 0.939.